The van der Waals surface area contributed by atoms with Crippen LogP contribution in [0.3, 0.4) is 0 Å². The maximum absolute atomic E-state index is 12.3. The van der Waals surface area contributed by atoms with Crippen LogP contribution in [0.2, 0.25) is 0 Å². The lowest BCUT2D eigenvalue weighted by Gasteiger charge is -2.25. The van der Waals surface area contributed by atoms with Gasteiger partial charge in [-0.05, 0) is 12.8 Å². The Bertz CT molecular complexity index is 464. The summed E-state index contributed by atoms with van der Waals surface area (Å²) in [5.74, 6) is 9.52. The van der Waals surface area contributed by atoms with E-state index in [2.05, 4.69) is 24.7 Å². The first kappa shape index (κ1) is 34.8. The molecule has 0 radical (unpaired) electrons. The standard InChI is InChI=1S/C28H58N4O4/c1-3-5-7-9-11-13-15-17-19-21-23-35-25(27(33)31-29)26(28(34)32-30)36-24-22-20-18-16-14-12-10-8-6-4-2/h25-26H,3-24,29-30H2,1-2H3,(H,31,33)(H,32,34). The van der Waals surface area contributed by atoms with Gasteiger partial charge in [-0.25, -0.2) is 11.7 Å². The summed E-state index contributed by atoms with van der Waals surface area (Å²) in [5.41, 5.74) is 4.18. The van der Waals surface area contributed by atoms with Crippen LogP contribution in [-0.4, -0.2) is 37.2 Å². The number of amides is 2. The van der Waals surface area contributed by atoms with Gasteiger partial charge in [-0.3, -0.25) is 20.4 Å². The van der Waals surface area contributed by atoms with E-state index < -0.39 is 24.0 Å². The van der Waals surface area contributed by atoms with E-state index >= 15 is 0 Å². The number of carbonyl (C=O) groups excluding carboxylic acids is 2. The van der Waals surface area contributed by atoms with Crippen molar-refractivity contribution in [3.8, 4) is 0 Å². The SMILES string of the molecule is CCCCCCCCCCCCOC(C(=O)NN)C(OCCCCCCCCCCCC)C(=O)NN. The van der Waals surface area contributed by atoms with Gasteiger partial charge in [0, 0.05) is 13.2 Å². The van der Waals surface area contributed by atoms with Crippen molar-refractivity contribution < 1.29 is 19.1 Å². The van der Waals surface area contributed by atoms with Crippen molar-refractivity contribution in [3.05, 3.63) is 0 Å². The molecule has 0 rings (SSSR count). The van der Waals surface area contributed by atoms with Crippen molar-refractivity contribution in [3.63, 3.8) is 0 Å². The Kier molecular flexibility index (Phi) is 25.9. The van der Waals surface area contributed by atoms with Crippen molar-refractivity contribution in [2.45, 2.75) is 154 Å². The van der Waals surface area contributed by atoms with E-state index in [4.69, 9.17) is 21.2 Å². The molecular formula is C28H58N4O4. The highest BCUT2D eigenvalue weighted by Gasteiger charge is 2.35. The number of nitrogens with two attached hydrogens (primary N) is 2. The van der Waals surface area contributed by atoms with Crippen LogP contribution in [0.1, 0.15) is 142 Å². The third kappa shape index (κ3) is 19.9. The first-order chi connectivity index (χ1) is 17.6. The molecule has 8 nitrogen and oxygen atoms in total. The Balaban J connectivity index is 4.20. The van der Waals surface area contributed by atoms with Gasteiger partial charge in [0.05, 0.1) is 0 Å². The van der Waals surface area contributed by atoms with Crippen LogP contribution >= 0.6 is 0 Å². The molecule has 36 heavy (non-hydrogen) atoms. The van der Waals surface area contributed by atoms with Crippen molar-refractivity contribution >= 4 is 11.8 Å². The van der Waals surface area contributed by atoms with Crippen molar-refractivity contribution in [1.29, 1.82) is 0 Å². The van der Waals surface area contributed by atoms with Crippen LogP contribution in [0.15, 0.2) is 0 Å². The number of ether oxygens (including phenoxy) is 2. The lowest BCUT2D eigenvalue weighted by atomic mass is 10.1. The van der Waals surface area contributed by atoms with Crippen LogP contribution < -0.4 is 22.5 Å². The van der Waals surface area contributed by atoms with Gasteiger partial charge in [-0.1, -0.05) is 129 Å². The van der Waals surface area contributed by atoms with Crippen LogP contribution in [-0.2, 0) is 19.1 Å². The fourth-order valence-electron chi connectivity index (χ4n) is 4.37. The molecule has 0 aliphatic heterocycles. The quantitative estimate of drug-likeness (QED) is 0.0490. The number of carbonyl (C=O) groups is 2. The average Bonchev–Trinajstić information content (AvgIpc) is 2.90. The van der Waals surface area contributed by atoms with Crippen LogP contribution in [0, 0.1) is 0 Å². The molecule has 0 bridgehead atoms. The highest BCUT2D eigenvalue weighted by Crippen LogP contribution is 2.14. The Morgan fingerprint density at radius 2 is 0.750 bits per heavy atom. The molecule has 0 heterocycles. The lowest BCUT2D eigenvalue weighted by molar-refractivity contribution is -0.157. The zero-order valence-corrected chi connectivity index (χ0v) is 23.5. The van der Waals surface area contributed by atoms with Gasteiger partial charge < -0.3 is 9.47 Å². The number of unbranched alkanes of at least 4 members (excludes halogenated alkanes) is 18. The zero-order chi connectivity index (χ0) is 26.7. The van der Waals surface area contributed by atoms with Crippen molar-refractivity contribution in [1.82, 2.24) is 10.9 Å². The molecule has 0 aliphatic carbocycles. The maximum Gasteiger partial charge on any atom is 0.266 e. The Labute approximate surface area is 221 Å². The monoisotopic (exact) mass is 514 g/mol. The van der Waals surface area contributed by atoms with Crippen LogP contribution in [0.25, 0.3) is 0 Å². The van der Waals surface area contributed by atoms with Gasteiger partial charge in [-0.2, -0.15) is 0 Å². The fraction of sp³-hybridized carbons (Fsp3) is 0.929. The van der Waals surface area contributed by atoms with Gasteiger partial charge in [0.2, 0.25) is 0 Å². The largest absolute Gasteiger partial charge is 0.365 e. The summed E-state index contributed by atoms with van der Waals surface area (Å²) >= 11 is 0. The molecule has 0 aromatic rings. The van der Waals surface area contributed by atoms with Gasteiger partial charge in [-0.15, -0.1) is 0 Å². The summed E-state index contributed by atoms with van der Waals surface area (Å²) in [4.78, 5) is 24.7. The van der Waals surface area contributed by atoms with Gasteiger partial charge in [0.1, 0.15) is 0 Å². The highest BCUT2D eigenvalue weighted by atomic mass is 16.5. The molecule has 0 saturated carbocycles. The molecular weight excluding hydrogens is 456 g/mol. The molecule has 0 fully saturated rings. The molecule has 0 aromatic carbocycles. The molecule has 0 aromatic heterocycles. The summed E-state index contributed by atoms with van der Waals surface area (Å²) in [6.07, 6.45) is 21.9. The second kappa shape index (κ2) is 26.8. The minimum absolute atomic E-state index is 0.366. The molecule has 8 heteroatoms. The summed E-state index contributed by atoms with van der Waals surface area (Å²) in [6.45, 7) is 5.20. The van der Waals surface area contributed by atoms with E-state index in [-0.39, 0.29) is 0 Å². The Hall–Kier alpha value is -1.22. The van der Waals surface area contributed by atoms with Crippen LogP contribution in [0.4, 0.5) is 0 Å². The van der Waals surface area contributed by atoms with E-state index in [1.165, 1.54) is 89.9 Å². The number of hydrazine groups is 2. The number of hydrogen-bond donors (Lipinski definition) is 4. The highest BCUT2D eigenvalue weighted by molar-refractivity contribution is 5.90. The number of nitrogens with one attached hydrogen (secondary N) is 2. The zero-order valence-electron chi connectivity index (χ0n) is 23.5. The predicted molar refractivity (Wildman–Crippen MR) is 148 cm³/mol. The Morgan fingerprint density at radius 3 is 1.00 bits per heavy atom. The first-order valence-corrected chi connectivity index (χ1v) is 14.9. The topological polar surface area (TPSA) is 129 Å². The van der Waals surface area contributed by atoms with E-state index in [9.17, 15) is 9.59 Å². The van der Waals surface area contributed by atoms with E-state index in [1.54, 1.807) is 0 Å². The molecule has 2 amide bonds. The van der Waals surface area contributed by atoms with Crippen molar-refractivity contribution in [2.24, 2.45) is 11.7 Å². The Morgan fingerprint density at radius 1 is 0.500 bits per heavy atom. The summed E-state index contributed by atoms with van der Waals surface area (Å²) in [5, 5.41) is 0. The van der Waals surface area contributed by atoms with Gasteiger partial charge >= 0.3 is 0 Å². The predicted octanol–water partition coefficient (Wildman–Crippen LogP) is 5.58. The summed E-state index contributed by atoms with van der Waals surface area (Å²) in [6, 6.07) is 0. The molecule has 0 aliphatic rings. The third-order valence-electron chi connectivity index (χ3n) is 6.67. The second-order valence-corrected chi connectivity index (χ2v) is 9.96. The van der Waals surface area contributed by atoms with E-state index in [0.29, 0.717) is 13.2 Å². The minimum atomic E-state index is -1.12. The average molecular weight is 515 g/mol. The number of hydrogen-bond acceptors (Lipinski definition) is 6. The third-order valence-corrected chi connectivity index (χ3v) is 6.67. The summed E-state index contributed by atoms with van der Waals surface area (Å²) in [7, 11) is 0. The number of rotatable bonds is 27. The summed E-state index contributed by atoms with van der Waals surface area (Å²) < 4.78 is 11.5. The van der Waals surface area contributed by atoms with Gasteiger partial charge in [0.25, 0.3) is 11.8 Å². The first-order valence-electron chi connectivity index (χ1n) is 14.9. The maximum atomic E-state index is 12.3. The molecule has 0 saturated heterocycles. The molecule has 214 valence electrons. The molecule has 2 unspecified atom stereocenters. The van der Waals surface area contributed by atoms with Gasteiger partial charge in [0.15, 0.2) is 12.2 Å². The molecule has 0 spiro atoms. The minimum Gasteiger partial charge on any atom is -0.365 e. The molecule has 6 N–H and O–H groups in total. The van der Waals surface area contributed by atoms with E-state index in [1.807, 2.05) is 0 Å². The lowest BCUT2D eigenvalue weighted by Crippen LogP contribution is -2.54. The van der Waals surface area contributed by atoms with Crippen molar-refractivity contribution in [2.75, 3.05) is 13.2 Å². The van der Waals surface area contributed by atoms with E-state index in [0.717, 1.165) is 38.5 Å². The van der Waals surface area contributed by atoms with Crippen LogP contribution in [0.5, 0.6) is 0 Å². The smallest absolute Gasteiger partial charge is 0.266 e. The fourth-order valence-corrected chi connectivity index (χ4v) is 4.37. The second-order valence-electron chi connectivity index (χ2n) is 9.96. The normalized spacial score (nSPS) is 12.9. The molecule has 2 atom stereocenters.